The fourth-order valence-corrected chi connectivity index (χ4v) is 0.452. The largest absolute Gasteiger partial charge is 0.288 e. The Morgan fingerprint density at radius 2 is 2.33 bits per heavy atom. The first kappa shape index (κ1) is 6.29. The van der Waals surface area contributed by atoms with E-state index in [0.29, 0.717) is 6.04 Å². The van der Waals surface area contributed by atoms with Crippen LogP contribution in [0.1, 0.15) is 12.8 Å². The molecule has 0 saturated heterocycles. The number of nitrogens with one attached hydrogen (secondary N) is 2. The van der Waals surface area contributed by atoms with Gasteiger partial charge in [-0.25, -0.2) is 5.43 Å². The molecule has 0 spiro atoms. The van der Waals surface area contributed by atoms with Crippen LogP contribution in [0.15, 0.2) is 12.7 Å². The number of hydrazine groups is 1. The molecule has 1 aliphatic carbocycles. The van der Waals surface area contributed by atoms with Crippen LogP contribution in [0.5, 0.6) is 0 Å². The minimum atomic E-state index is -0.165. The molecular formula is C6H10N2O. The highest BCUT2D eigenvalue weighted by Gasteiger charge is 2.20. The third kappa shape index (κ3) is 2.28. The summed E-state index contributed by atoms with van der Waals surface area (Å²) in [4.78, 5) is 10.5. The molecule has 0 unspecified atom stereocenters. The molecule has 3 heteroatoms. The molecule has 0 aliphatic heterocycles. The van der Waals surface area contributed by atoms with Crippen LogP contribution >= 0.6 is 0 Å². The first-order valence-electron chi connectivity index (χ1n) is 3.01. The maximum atomic E-state index is 10.5. The zero-order valence-corrected chi connectivity index (χ0v) is 5.18. The molecular weight excluding hydrogens is 116 g/mol. The molecule has 1 rings (SSSR count). The van der Waals surface area contributed by atoms with Crippen molar-refractivity contribution in [1.82, 2.24) is 10.9 Å². The average molecular weight is 126 g/mol. The maximum Gasteiger partial charge on any atom is 0.257 e. The van der Waals surface area contributed by atoms with Crippen LogP contribution in [-0.2, 0) is 4.79 Å². The van der Waals surface area contributed by atoms with E-state index in [2.05, 4.69) is 17.4 Å². The highest BCUT2D eigenvalue weighted by molar-refractivity contribution is 5.86. The summed E-state index contributed by atoms with van der Waals surface area (Å²) in [5.74, 6) is -0.165. The van der Waals surface area contributed by atoms with Gasteiger partial charge in [-0.1, -0.05) is 6.58 Å². The van der Waals surface area contributed by atoms with Crippen LogP contribution in [-0.4, -0.2) is 11.9 Å². The summed E-state index contributed by atoms with van der Waals surface area (Å²) in [7, 11) is 0. The smallest absolute Gasteiger partial charge is 0.257 e. The molecule has 0 radical (unpaired) electrons. The number of rotatable bonds is 3. The number of hydrogen-bond donors (Lipinski definition) is 2. The molecule has 0 atom stereocenters. The zero-order chi connectivity index (χ0) is 6.69. The Bertz CT molecular complexity index is 129. The van der Waals surface area contributed by atoms with E-state index >= 15 is 0 Å². The lowest BCUT2D eigenvalue weighted by atomic mass is 10.6. The Balaban J connectivity index is 2.02. The molecule has 9 heavy (non-hydrogen) atoms. The number of carbonyl (C=O) groups is 1. The van der Waals surface area contributed by atoms with Crippen molar-refractivity contribution in [3.8, 4) is 0 Å². The van der Waals surface area contributed by atoms with Crippen molar-refractivity contribution in [2.75, 3.05) is 0 Å². The van der Waals surface area contributed by atoms with Gasteiger partial charge in [0.05, 0.1) is 0 Å². The summed E-state index contributed by atoms with van der Waals surface area (Å²) in [5.41, 5.74) is 5.32. The number of carbonyl (C=O) groups excluding carboxylic acids is 1. The fourth-order valence-electron chi connectivity index (χ4n) is 0.452. The molecule has 1 fully saturated rings. The van der Waals surface area contributed by atoms with Gasteiger partial charge < -0.3 is 0 Å². The van der Waals surface area contributed by atoms with Crippen molar-refractivity contribution in [2.24, 2.45) is 0 Å². The molecule has 0 aromatic carbocycles. The fraction of sp³-hybridized carbons (Fsp3) is 0.500. The van der Waals surface area contributed by atoms with E-state index in [4.69, 9.17) is 0 Å². The van der Waals surface area contributed by atoms with Crippen molar-refractivity contribution in [3.05, 3.63) is 12.7 Å². The van der Waals surface area contributed by atoms with Crippen LogP contribution in [0.25, 0.3) is 0 Å². The molecule has 50 valence electrons. The van der Waals surface area contributed by atoms with E-state index in [1.54, 1.807) is 0 Å². The predicted octanol–water partition coefficient (Wildman–Crippen LogP) is -0.0444. The van der Waals surface area contributed by atoms with E-state index in [9.17, 15) is 4.79 Å². The lowest BCUT2D eigenvalue weighted by Crippen LogP contribution is -2.37. The summed E-state index contributed by atoms with van der Waals surface area (Å²) >= 11 is 0. The van der Waals surface area contributed by atoms with Gasteiger partial charge in [-0.2, -0.15) is 0 Å². The minimum Gasteiger partial charge on any atom is -0.288 e. The summed E-state index contributed by atoms with van der Waals surface area (Å²) < 4.78 is 0. The van der Waals surface area contributed by atoms with Crippen LogP contribution < -0.4 is 10.9 Å². The van der Waals surface area contributed by atoms with Crippen LogP contribution in [0.4, 0.5) is 0 Å². The minimum absolute atomic E-state index is 0.165. The molecule has 0 bridgehead atoms. The van der Waals surface area contributed by atoms with Gasteiger partial charge in [-0.3, -0.25) is 10.2 Å². The van der Waals surface area contributed by atoms with Crippen LogP contribution in [0.3, 0.4) is 0 Å². The first-order valence-corrected chi connectivity index (χ1v) is 3.01. The van der Waals surface area contributed by atoms with Crippen molar-refractivity contribution in [1.29, 1.82) is 0 Å². The van der Waals surface area contributed by atoms with Crippen molar-refractivity contribution < 1.29 is 4.79 Å². The third-order valence-corrected chi connectivity index (χ3v) is 1.16. The first-order chi connectivity index (χ1) is 4.33. The molecule has 0 aromatic heterocycles. The van der Waals surface area contributed by atoms with E-state index in [0.717, 1.165) is 12.8 Å². The Labute approximate surface area is 54.1 Å². The average Bonchev–Trinajstić information content (AvgIpc) is 2.65. The summed E-state index contributed by atoms with van der Waals surface area (Å²) in [6.45, 7) is 3.31. The normalized spacial score (nSPS) is 16.9. The van der Waals surface area contributed by atoms with Gasteiger partial charge in [0.2, 0.25) is 0 Å². The standard InChI is InChI=1S/C6H10N2O/c1-2-6(9)8-7-5-3-4-5/h2,5,7H,1,3-4H2,(H,8,9). The number of hydrogen-bond acceptors (Lipinski definition) is 2. The Morgan fingerprint density at radius 3 is 2.78 bits per heavy atom. The maximum absolute atomic E-state index is 10.5. The van der Waals surface area contributed by atoms with E-state index < -0.39 is 0 Å². The van der Waals surface area contributed by atoms with Gasteiger partial charge in [-0.05, 0) is 18.9 Å². The molecule has 0 heterocycles. The molecule has 0 aromatic rings. The SMILES string of the molecule is C=CC(=O)NNC1CC1. The highest BCUT2D eigenvalue weighted by atomic mass is 16.2. The quantitative estimate of drug-likeness (QED) is 0.411. The van der Waals surface area contributed by atoms with Gasteiger partial charge in [0.15, 0.2) is 0 Å². The number of amides is 1. The van der Waals surface area contributed by atoms with E-state index in [-0.39, 0.29) is 5.91 Å². The molecule has 1 saturated carbocycles. The van der Waals surface area contributed by atoms with Gasteiger partial charge >= 0.3 is 0 Å². The van der Waals surface area contributed by atoms with E-state index in [1.165, 1.54) is 6.08 Å². The highest BCUT2D eigenvalue weighted by Crippen LogP contribution is 2.17. The summed E-state index contributed by atoms with van der Waals surface area (Å²) in [5, 5.41) is 0. The van der Waals surface area contributed by atoms with Crippen LogP contribution in [0.2, 0.25) is 0 Å². The van der Waals surface area contributed by atoms with Gasteiger partial charge in [0.1, 0.15) is 0 Å². The zero-order valence-electron chi connectivity index (χ0n) is 5.18. The molecule has 3 nitrogen and oxygen atoms in total. The van der Waals surface area contributed by atoms with Crippen molar-refractivity contribution in [3.63, 3.8) is 0 Å². The topological polar surface area (TPSA) is 41.1 Å². The monoisotopic (exact) mass is 126 g/mol. The predicted molar refractivity (Wildman–Crippen MR) is 34.5 cm³/mol. The lowest BCUT2D eigenvalue weighted by Gasteiger charge is -1.99. The Kier molecular flexibility index (Phi) is 1.85. The summed E-state index contributed by atoms with van der Waals surface area (Å²) in [6, 6.07) is 0.508. The second-order valence-corrected chi connectivity index (χ2v) is 2.11. The van der Waals surface area contributed by atoms with E-state index in [1.807, 2.05) is 0 Å². The third-order valence-electron chi connectivity index (χ3n) is 1.16. The van der Waals surface area contributed by atoms with Gasteiger partial charge in [0.25, 0.3) is 5.91 Å². The summed E-state index contributed by atoms with van der Waals surface area (Å²) in [6.07, 6.45) is 3.57. The lowest BCUT2D eigenvalue weighted by molar-refractivity contribution is -0.117. The van der Waals surface area contributed by atoms with Gasteiger partial charge in [0, 0.05) is 6.04 Å². The van der Waals surface area contributed by atoms with Crippen molar-refractivity contribution in [2.45, 2.75) is 18.9 Å². The molecule has 1 amide bonds. The molecule has 2 N–H and O–H groups in total. The molecule has 1 aliphatic rings. The van der Waals surface area contributed by atoms with Crippen molar-refractivity contribution >= 4 is 5.91 Å². The second kappa shape index (κ2) is 2.64. The Hall–Kier alpha value is -0.830. The second-order valence-electron chi connectivity index (χ2n) is 2.11. The van der Waals surface area contributed by atoms with Crippen LogP contribution in [0, 0.1) is 0 Å². The Morgan fingerprint density at radius 1 is 1.67 bits per heavy atom. The van der Waals surface area contributed by atoms with Gasteiger partial charge in [-0.15, -0.1) is 0 Å².